The summed E-state index contributed by atoms with van der Waals surface area (Å²) in [6.45, 7) is 2.79. The average molecular weight is 280 g/mol. The van der Waals surface area contributed by atoms with E-state index in [0.29, 0.717) is 6.04 Å². The molecule has 1 fully saturated rings. The van der Waals surface area contributed by atoms with Gasteiger partial charge in [-0.2, -0.15) is 0 Å². The van der Waals surface area contributed by atoms with E-state index in [1.165, 1.54) is 0 Å². The Bertz CT molecular complexity index is 514. The zero-order chi connectivity index (χ0) is 12.4. The summed E-state index contributed by atoms with van der Waals surface area (Å²) in [7, 11) is 0. The van der Waals surface area contributed by atoms with Crippen molar-refractivity contribution in [2.45, 2.75) is 19.0 Å². The monoisotopic (exact) mass is 279 g/mol. The second kappa shape index (κ2) is 6.19. The van der Waals surface area contributed by atoms with Gasteiger partial charge in [-0.1, -0.05) is 35.5 Å². The van der Waals surface area contributed by atoms with E-state index >= 15 is 0 Å². The molecule has 0 bridgehead atoms. The fourth-order valence-corrected chi connectivity index (χ4v) is 2.36. The number of hydrogen-bond donors (Lipinski definition) is 1. The van der Waals surface area contributed by atoms with E-state index in [1.54, 1.807) is 0 Å². The molecule has 1 atom stereocenters. The molecule has 1 saturated heterocycles. The fourth-order valence-electron chi connectivity index (χ4n) is 2.36. The van der Waals surface area contributed by atoms with Gasteiger partial charge in [-0.15, -0.1) is 12.4 Å². The normalized spacial score (nSPS) is 19.3. The minimum absolute atomic E-state index is 0. The van der Waals surface area contributed by atoms with Gasteiger partial charge < -0.3 is 10.3 Å². The number of aromatic nitrogens is 1. The number of nitrogens with two attached hydrogens (primary N) is 1. The van der Waals surface area contributed by atoms with E-state index in [1.807, 2.05) is 36.4 Å². The highest BCUT2D eigenvalue weighted by atomic mass is 35.5. The van der Waals surface area contributed by atoms with Gasteiger partial charge in [0.2, 0.25) is 0 Å². The maximum Gasteiger partial charge on any atom is 0.151 e. The van der Waals surface area contributed by atoms with Crippen molar-refractivity contribution in [3.05, 3.63) is 42.2 Å². The van der Waals surface area contributed by atoms with Gasteiger partial charge in [0.1, 0.15) is 5.69 Å². The summed E-state index contributed by atoms with van der Waals surface area (Å²) >= 11 is 0. The summed E-state index contributed by atoms with van der Waals surface area (Å²) in [4.78, 5) is 2.31. The molecule has 0 aliphatic carbocycles. The maximum absolute atomic E-state index is 5.89. The Hall–Kier alpha value is -1.36. The molecular formula is C14H18ClN3O. The number of hydrogen-bond acceptors (Lipinski definition) is 4. The Morgan fingerprint density at radius 2 is 2.11 bits per heavy atom. The van der Waals surface area contributed by atoms with Crippen LogP contribution in [0.1, 0.15) is 12.2 Å². The molecule has 0 spiro atoms. The second-order valence-electron chi connectivity index (χ2n) is 4.83. The second-order valence-corrected chi connectivity index (χ2v) is 4.83. The topological polar surface area (TPSA) is 55.3 Å². The zero-order valence-corrected chi connectivity index (χ0v) is 11.5. The first-order chi connectivity index (χ1) is 8.81. The van der Waals surface area contributed by atoms with Gasteiger partial charge in [0.25, 0.3) is 0 Å². The van der Waals surface area contributed by atoms with E-state index in [9.17, 15) is 0 Å². The number of benzene rings is 1. The Morgan fingerprint density at radius 1 is 1.32 bits per heavy atom. The van der Waals surface area contributed by atoms with Gasteiger partial charge in [0.05, 0.1) is 6.54 Å². The van der Waals surface area contributed by atoms with Crippen molar-refractivity contribution in [1.29, 1.82) is 0 Å². The van der Waals surface area contributed by atoms with E-state index in [2.05, 4.69) is 10.1 Å². The molecular weight excluding hydrogens is 262 g/mol. The Balaban J connectivity index is 0.00000133. The van der Waals surface area contributed by atoms with Crippen LogP contribution in [-0.4, -0.2) is 29.2 Å². The Labute approximate surface area is 119 Å². The van der Waals surface area contributed by atoms with Crippen molar-refractivity contribution in [2.75, 3.05) is 13.1 Å². The van der Waals surface area contributed by atoms with Crippen LogP contribution >= 0.6 is 12.4 Å². The Kier molecular flexibility index (Phi) is 4.58. The summed E-state index contributed by atoms with van der Waals surface area (Å²) in [6, 6.07) is 12.4. The first-order valence-electron chi connectivity index (χ1n) is 6.30. The smallest absolute Gasteiger partial charge is 0.151 e. The molecule has 1 aliphatic rings. The van der Waals surface area contributed by atoms with Crippen LogP contribution < -0.4 is 5.73 Å². The lowest BCUT2D eigenvalue weighted by Crippen LogP contribution is -2.26. The molecule has 0 unspecified atom stereocenters. The molecule has 2 aromatic rings. The van der Waals surface area contributed by atoms with Crippen LogP contribution in [0, 0.1) is 0 Å². The van der Waals surface area contributed by atoms with Crippen LogP contribution in [0.4, 0.5) is 0 Å². The van der Waals surface area contributed by atoms with Crippen molar-refractivity contribution in [2.24, 2.45) is 5.73 Å². The van der Waals surface area contributed by atoms with Gasteiger partial charge in [0.15, 0.2) is 5.76 Å². The van der Waals surface area contributed by atoms with E-state index in [0.717, 1.165) is 43.1 Å². The summed E-state index contributed by atoms with van der Waals surface area (Å²) in [5.74, 6) is 0.906. The standard InChI is InChI=1S/C14H17N3O.ClH/c15-12-6-7-17(9-12)10-13-8-14(16-18-13)11-4-2-1-3-5-11;/h1-5,8,12H,6-7,9-10,15H2;1H/t12-;/m0./s1. The van der Waals surface area contributed by atoms with Crippen LogP contribution in [0.15, 0.2) is 40.9 Å². The SMILES string of the molecule is Cl.N[C@H]1CCN(Cc2cc(-c3ccccc3)no2)C1. The molecule has 0 radical (unpaired) electrons. The highest BCUT2D eigenvalue weighted by Crippen LogP contribution is 2.20. The van der Waals surface area contributed by atoms with Crippen molar-refractivity contribution >= 4 is 12.4 Å². The van der Waals surface area contributed by atoms with Crippen molar-refractivity contribution in [3.63, 3.8) is 0 Å². The third-order valence-corrected chi connectivity index (χ3v) is 3.32. The minimum atomic E-state index is 0. The van der Waals surface area contributed by atoms with Gasteiger partial charge in [0, 0.05) is 30.8 Å². The lowest BCUT2D eigenvalue weighted by Gasteiger charge is -2.11. The highest BCUT2D eigenvalue weighted by molar-refractivity contribution is 5.85. The molecule has 3 rings (SSSR count). The molecule has 19 heavy (non-hydrogen) atoms. The van der Waals surface area contributed by atoms with Gasteiger partial charge in [-0.25, -0.2) is 0 Å². The fraction of sp³-hybridized carbons (Fsp3) is 0.357. The predicted octanol–water partition coefficient (Wildman–Crippen LogP) is 2.30. The van der Waals surface area contributed by atoms with Crippen molar-refractivity contribution in [1.82, 2.24) is 10.1 Å². The molecule has 1 aromatic carbocycles. The van der Waals surface area contributed by atoms with E-state index in [4.69, 9.17) is 10.3 Å². The largest absolute Gasteiger partial charge is 0.359 e. The molecule has 4 nitrogen and oxygen atoms in total. The van der Waals surface area contributed by atoms with Crippen LogP contribution in [0.25, 0.3) is 11.3 Å². The average Bonchev–Trinajstić information content (AvgIpc) is 3.01. The molecule has 5 heteroatoms. The lowest BCUT2D eigenvalue weighted by atomic mass is 10.1. The van der Waals surface area contributed by atoms with Crippen molar-refractivity contribution in [3.8, 4) is 11.3 Å². The Morgan fingerprint density at radius 3 is 2.79 bits per heavy atom. The van der Waals surface area contributed by atoms with Gasteiger partial charge in [-0.3, -0.25) is 4.90 Å². The molecule has 2 heterocycles. The molecule has 0 saturated carbocycles. The molecule has 102 valence electrons. The number of halogens is 1. The van der Waals surface area contributed by atoms with Crippen LogP contribution in [-0.2, 0) is 6.54 Å². The molecule has 1 aromatic heterocycles. The quantitative estimate of drug-likeness (QED) is 0.937. The summed E-state index contributed by atoms with van der Waals surface area (Å²) in [5.41, 5.74) is 7.87. The van der Waals surface area contributed by atoms with Gasteiger partial charge >= 0.3 is 0 Å². The number of rotatable bonds is 3. The summed E-state index contributed by atoms with van der Waals surface area (Å²) < 4.78 is 5.38. The third-order valence-electron chi connectivity index (χ3n) is 3.32. The third kappa shape index (κ3) is 3.35. The molecule has 1 aliphatic heterocycles. The summed E-state index contributed by atoms with van der Waals surface area (Å²) in [5, 5.41) is 4.11. The van der Waals surface area contributed by atoms with E-state index < -0.39 is 0 Å². The molecule has 0 amide bonds. The van der Waals surface area contributed by atoms with Crippen LogP contribution in [0.2, 0.25) is 0 Å². The lowest BCUT2D eigenvalue weighted by molar-refractivity contribution is 0.272. The first kappa shape index (κ1) is 14.1. The van der Waals surface area contributed by atoms with Crippen molar-refractivity contribution < 1.29 is 4.52 Å². The van der Waals surface area contributed by atoms with E-state index in [-0.39, 0.29) is 12.4 Å². The van der Waals surface area contributed by atoms with Crippen LogP contribution in [0.3, 0.4) is 0 Å². The molecule has 2 N–H and O–H groups in total. The van der Waals surface area contributed by atoms with Gasteiger partial charge in [-0.05, 0) is 6.42 Å². The first-order valence-corrected chi connectivity index (χ1v) is 6.30. The van der Waals surface area contributed by atoms with Crippen LogP contribution in [0.5, 0.6) is 0 Å². The minimum Gasteiger partial charge on any atom is -0.359 e. The number of likely N-dealkylation sites (tertiary alicyclic amines) is 1. The zero-order valence-electron chi connectivity index (χ0n) is 10.7. The predicted molar refractivity (Wildman–Crippen MR) is 77.1 cm³/mol. The highest BCUT2D eigenvalue weighted by Gasteiger charge is 2.20. The number of nitrogens with zero attached hydrogens (tertiary/aromatic N) is 2. The summed E-state index contributed by atoms with van der Waals surface area (Å²) in [6.07, 6.45) is 1.07. The maximum atomic E-state index is 5.89.